The van der Waals surface area contributed by atoms with Crippen LogP contribution in [0.3, 0.4) is 0 Å². The van der Waals surface area contributed by atoms with Crippen LogP contribution < -0.4 is 10.1 Å². The number of oxime groups is 1. The molecule has 0 fully saturated rings. The molecule has 1 amide bonds. The third kappa shape index (κ3) is 8.92. The van der Waals surface area contributed by atoms with Gasteiger partial charge in [0.25, 0.3) is 5.91 Å². The van der Waals surface area contributed by atoms with Gasteiger partial charge in [0.2, 0.25) is 0 Å². The van der Waals surface area contributed by atoms with Crippen LogP contribution in [0.15, 0.2) is 23.4 Å². The molecule has 1 aromatic rings. The van der Waals surface area contributed by atoms with Crippen LogP contribution in [-0.4, -0.2) is 73.5 Å². The molecule has 1 aromatic carbocycles. The molecule has 0 saturated carbocycles. The van der Waals surface area contributed by atoms with E-state index in [2.05, 4.69) is 10.5 Å². The standard InChI is InChI=1S/C24H38N2O8/c1-14(2)12-33-18-11-16(23(30)32-8)9-10-17(18)25-19(28)13-34-26-20(21(29)15(3)27)22(31-7)24(4,5)6/h9-11,14-15,21-22,27,29H,12-13H2,1-8H3,(H,25,28)/b26-20+/t15-,21+,22-/m1/s1. The summed E-state index contributed by atoms with van der Waals surface area (Å²) in [6.45, 7) is 10.9. The first-order chi connectivity index (χ1) is 15.8. The van der Waals surface area contributed by atoms with Crippen molar-refractivity contribution in [2.75, 3.05) is 32.8 Å². The Balaban J connectivity index is 3.02. The molecule has 0 saturated heterocycles. The number of aliphatic hydroxyl groups is 2. The molecule has 1 rings (SSSR count). The maximum absolute atomic E-state index is 12.5. The number of hydrogen-bond acceptors (Lipinski definition) is 9. The second kappa shape index (κ2) is 13.3. The van der Waals surface area contributed by atoms with Crippen molar-refractivity contribution < 1.29 is 38.9 Å². The molecule has 0 radical (unpaired) electrons. The number of anilines is 1. The third-order valence-corrected chi connectivity index (χ3v) is 4.67. The lowest BCUT2D eigenvalue weighted by atomic mass is 9.83. The minimum atomic E-state index is -1.34. The zero-order chi connectivity index (χ0) is 26.1. The van der Waals surface area contributed by atoms with Gasteiger partial charge in [0.1, 0.15) is 23.7 Å². The molecular weight excluding hydrogens is 444 g/mol. The fourth-order valence-electron chi connectivity index (χ4n) is 3.02. The summed E-state index contributed by atoms with van der Waals surface area (Å²) >= 11 is 0. The molecule has 10 nitrogen and oxygen atoms in total. The minimum absolute atomic E-state index is 0.0705. The van der Waals surface area contributed by atoms with E-state index in [1.807, 2.05) is 34.6 Å². The Labute approximate surface area is 201 Å². The molecule has 0 unspecified atom stereocenters. The molecule has 3 atom stereocenters. The topological polar surface area (TPSA) is 136 Å². The number of amides is 1. The zero-order valence-corrected chi connectivity index (χ0v) is 21.2. The Morgan fingerprint density at radius 1 is 1.12 bits per heavy atom. The van der Waals surface area contributed by atoms with Crippen LogP contribution in [0.4, 0.5) is 5.69 Å². The van der Waals surface area contributed by atoms with E-state index < -0.39 is 42.2 Å². The number of carbonyl (C=O) groups excluding carboxylic acids is 2. The molecule has 3 N–H and O–H groups in total. The first-order valence-electron chi connectivity index (χ1n) is 11.0. The number of ether oxygens (including phenoxy) is 3. The predicted molar refractivity (Wildman–Crippen MR) is 128 cm³/mol. The van der Waals surface area contributed by atoms with Crippen LogP contribution >= 0.6 is 0 Å². The van der Waals surface area contributed by atoms with Crippen molar-refractivity contribution in [2.45, 2.75) is 59.9 Å². The summed E-state index contributed by atoms with van der Waals surface area (Å²) in [4.78, 5) is 29.6. The van der Waals surface area contributed by atoms with E-state index >= 15 is 0 Å². The van der Waals surface area contributed by atoms with Gasteiger partial charge in [-0.2, -0.15) is 0 Å². The molecule has 192 valence electrons. The van der Waals surface area contributed by atoms with Gasteiger partial charge < -0.3 is 34.6 Å². The fraction of sp³-hybridized carbons (Fsp3) is 0.625. The number of esters is 1. The number of nitrogens with one attached hydrogen (secondary N) is 1. The summed E-state index contributed by atoms with van der Waals surface area (Å²) in [6, 6.07) is 4.53. The highest BCUT2D eigenvalue weighted by molar-refractivity contribution is 5.96. The Hall–Kier alpha value is -2.69. The van der Waals surface area contributed by atoms with Crippen molar-refractivity contribution in [1.82, 2.24) is 0 Å². The number of aliphatic hydroxyl groups excluding tert-OH is 2. The Morgan fingerprint density at radius 3 is 2.26 bits per heavy atom. The average Bonchev–Trinajstić information content (AvgIpc) is 2.75. The van der Waals surface area contributed by atoms with E-state index in [1.165, 1.54) is 39.3 Å². The monoisotopic (exact) mass is 482 g/mol. The molecule has 0 aliphatic rings. The summed E-state index contributed by atoms with van der Waals surface area (Å²) in [5.41, 5.74) is 0.240. The van der Waals surface area contributed by atoms with E-state index in [-0.39, 0.29) is 17.2 Å². The lowest BCUT2D eigenvalue weighted by Gasteiger charge is -2.32. The number of benzene rings is 1. The van der Waals surface area contributed by atoms with E-state index in [9.17, 15) is 19.8 Å². The second-order valence-electron chi connectivity index (χ2n) is 9.41. The number of nitrogens with zero attached hydrogens (tertiary/aromatic N) is 1. The molecule has 0 bridgehead atoms. The Kier molecular flexibility index (Phi) is 11.4. The molecule has 0 spiro atoms. The lowest BCUT2D eigenvalue weighted by molar-refractivity contribution is -0.120. The first kappa shape index (κ1) is 29.3. The van der Waals surface area contributed by atoms with E-state index in [4.69, 9.17) is 19.0 Å². The van der Waals surface area contributed by atoms with Gasteiger partial charge in [-0.15, -0.1) is 0 Å². The molecule has 0 aromatic heterocycles. The molecule has 0 aliphatic carbocycles. The van der Waals surface area contributed by atoms with Gasteiger partial charge in [0.15, 0.2) is 6.61 Å². The fourth-order valence-corrected chi connectivity index (χ4v) is 3.02. The van der Waals surface area contributed by atoms with Crippen molar-refractivity contribution in [1.29, 1.82) is 0 Å². The van der Waals surface area contributed by atoms with Crippen molar-refractivity contribution in [3.05, 3.63) is 23.8 Å². The average molecular weight is 483 g/mol. The van der Waals surface area contributed by atoms with Crippen molar-refractivity contribution in [3.8, 4) is 5.75 Å². The van der Waals surface area contributed by atoms with Gasteiger partial charge in [-0.3, -0.25) is 4.79 Å². The van der Waals surface area contributed by atoms with Gasteiger partial charge in [-0.05, 0) is 36.5 Å². The number of hydrogen-bond donors (Lipinski definition) is 3. The highest BCUT2D eigenvalue weighted by Gasteiger charge is 2.35. The molecule has 0 heterocycles. The Morgan fingerprint density at radius 2 is 1.76 bits per heavy atom. The summed E-state index contributed by atoms with van der Waals surface area (Å²) < 4.78 is 16.0. The summed E-state index contributed by atoms with van der Waals surface area (Å²) in [7, 11) is 2.74. The van der Waals surface area contributed by atoms with Gasteiger partial charge in [-0.1, -0.05) is 39.8 Å². The minimum Gasteiger partial charge on any atom is -0.491 e. The van der Waals surface area contributed by atoms with Gasteiger partial charge >= 0.3 is 5.97 Å². The first-order valence-corrected chi connectivity index (χ1v) is 11.0. The van der Waals surface area contributed by atoms with Gasteiger partial charge in [0.05, 0.1) is 31.1 Å². The van der Waals surface area contributed by atoms with Crippen molar-refractivity contribution in [3.63, 3.8) is 0 Å². The SMILES string of the molecule is COC(=O)c1ccc(NC(=O)CO/N=C(\[C@@H](O)[C@@H](C)O)[C@@H](OC)C(C)(C)C)c(OCC(C)C)c1. The van der Waals surface area contributed by atoms with Crippen LogP contribution in [0.1, 0.15) is 51.9 Å². The highest BCUT2D eigenvalue weighted by atomic mass is 16.6. The van der Waals surface area contributed by atoms with Crippen LogP contribution in [0.2, 0.25) is 0 Å². The lowest BCUT2D eigenvalue weighted by Crippen LogP contribution is -2.46. The Bertz CT molecular complexity index is 846. The quantitative estimate of drug-likeness (QED) is 0.235. The summed E-state index contributed by atoms with van der Waals surface area (Å²) in [5, 5.41) is 26.8. The molecule has 10 heteroatoms. The zero-order valence-electron chi connectivity index (χ0n) is 21.2. The van der Waals surface area contributed by atoms with Crippen LogP contribution in [0.5, 0.6) is 5.75 Å². The van der Waals surface area contributed by atoms with Crippen molar-refractivity contribution >= 4 is 23.3 Å². The molecule has 0 aliphatic heterocycles. The molecule has 34 heavy (non-hydrogen) atoms. The van der Waals surface area contributed by atoms with Crippen LogP contribution in [-0.2, 0) is 19.1 Å². The largest absolute Gasteiger partial charge is 0.491 e. The van der Waals surface area contributed by atoms with Crippen LogP contribution in [0.25, 0.3) is 0 Å². The number of rotatable bonds is 12. The second-order valence-corrected chi connectivity index (χ2v) is 9.41. The predicted octanol–water partition coefficient (Wildman–Crippen LogP) is 2.62. The number of carbonyl (C=O) groups is 2. The third-order valence-electron chi connectivity index (χ3n) is 4.67. The van der Waals surface area contributed by atoms with Crippen molar-refractivity contribution in [2.24, 2.45) is 16.5 Å². The number of methoxy groups -OCH3 is 2. The maximum atomic E-state index is 12.5. The smallest absolute Gasteiger partial charge is 0.337 e. The van der Waals surface area contributed by atoms with Gasteiger partial charge in [-0.25, -0.2) is 4.79 Å². The normalized spacial score (nSPS) is 14.9. The summed E-state index contributed by atoms with van der Waals surface area (Å²) in [5.74, 6) is -0.538. The molecular formula is C24H38N2O8. The van der Waals surface area contributed by atoms with Crippen LogP contribution in [0, 0.1) is 11.3 Å². The van der Waals surface area contributed by atoms with E-state index in [0.717, 1.165) is 0 Å². The van der Waals surface area contributed by atoms with Gasteiger partial charge in [0, 0.05) is 7.11 Å². The summed E-state index contributed by atoms with van der Waals surface area (Å²) in [6.07, 6.45) is -3.12. The van der Waals surface area contributed by atoms with E-state index in [1.54, 1.807) is 0 Å². The highest BCUT2D eigenvalue weighted by Crippen LogP contribution is 2.27. The maximum Gasteiger partial charge on any atom is 0.337 e. The van der Waals surface area contributed by atoms with E-state index in [0.29, 0.717) is 18.0 Å².